The monoisotopic (exact) mass is 360 g/mol. The van der Waals surface area contributed by atoms with E-state index in [1.54, 1.807) is 6.08 Å². The van der Waals surface area contributed by atoms with Gasteiger partial charge in [-0.3, -0.25) is 0 Å². The summed E-state index contributed by atoms with van der Waals surface area (Å²) in [6, 6.07) is 25.1. The first-order chi connectivity index (χ1) is 13.2. The fraction of sp³-hybridized carbons (Fsp3) is 0.0870. The Morgan fingerprint density at radius 2 is 1.26 bits per heavy atom. The summed E-state index contributed by atoms with van der Waals surface area (Å²) in [5.41, 5.74) is 2.98. The molecule has 3 aromatic rings. The van der Waals surface area contributed by atoms with Crippen LogP contribution in [0.2, 0.25) is 0 Å². The first-order valence-corrected chi connectivity index (χ1v) is 8.58. The molecule has 0 saturated heterocycles. The van der Waals surface area contributed by atoms with Crippen molar-refractivity contribution < 1.29 is 19.4 Å². The number of rotatable bonds is 8. The lowest BCUT2D eigenvalue weighted by Gasteiger charge is -2.09. The standard InChI is InChI=1S/C23H20O4/c24-23(25)15-10-18-6-11-21(12-7-18)27-17-20-8-13-22(14-9-20)26-16-19-4-2-1-3-5-19/h1-15H,16-17H2,(H,24,25). The molecule has 0 fully saturated rings. The van der Waals surface area contributed by atoms with Gasteiger partial charge in [0.25, 0.3) is 0 Å². The quantitative estimate of drug-likeness (QED) is 0.578. The number of ether oxygens (including phenoxy) is 2. The predicted molar refractivity (Wildman–Crippen MR) is 105 cm³/mol. The maximum atomic E-state index is 10.5. The largest absolute Gasteiger partial charge is 0.489 e. The van der Waals surface area contributed by atoms with E-state index in [-0.39, 0.29) is 0 Å². The predicted octanol–water partition coefficient (Wildman–Crippen LogP) is 4.94. The van der Waals surface area contributed by atoms with Crippen molar-refractivity contribution in [1.82, 2.24) is 0 Å². The Kier molecular flexibility index (Phi) is 6.26. The molecule has 0 amide bonds. The minimum absolute atomic E-state index is 0.448. The van der Waals surface area contributed by atoms with E-state index in [4.69, 9.17) is 14.6 Å². The van der Waals surface area contributed by atoms with Crippen molar-refractivity contribution in [3.63, 3.8) is 0 Å². The minimum Gasteiger partial charge on any atom is -0.489 e. The zero-order valence-electron chi connectivity index (χ0n) is 14.7. The Balaban J connectivity index is 1.49. The van der Waals surface area contributed by atoms with Gasteiger partial charge in [-0.15, -0.1) is 0 Å². The fourth-order valence-electron chi connectivity index (χ4n) is 2.43. The van der Waals surface area contributed by atoms with Crippen LogP contribution < -0.4 is 9.47 Å². The summed E-state index contributed by atoms with van der Waals surface area (Å²) in [6.07, 6.45) is 2.65. The van der Waals surface area contributed by atoms with Gasteiger partial charge < -0.3 is 14.6 Å². The van der Waals surface area contributed by atoms with E-state index in [0.29, 0.717) is 13.2 Å². The lowest BCUT2D eigenvalue weighted by atomic mass is 10.2. The summed E-state index contributed by atoms with van der Waals surface area (Å²) < 4.78 is 11.5. The number of carbonyl (C=O) groups is 1. The van der Waals surface area contributed by atoms with Gasteiger partial charge in [0.15, 0.2) is 0 Å². The SMILES string of the molecule is O=C(O)C=Cc1ccc(OCc2ccc(OCc3ccccc3)cc2)cc1. The van der Waals surface area contributed by atoms with Crippen LogP contribution in [-0.4, -0.2) is 11.1 Å². The molecule has 0 aromatic heterocycles. The van der Waals surface area contributed by atoms with E-state index < -0.39 is 5.97 Å². The minimum atomic E-state index is -0.966. The molecule has 0 saturated carbocycles. The number of carboxylic acid groups (broad SMARTS) is 1. The van der Waals surface area contributed by atoms with Gasteiger partial charge in [0, 0.05) is 6.08 Å². The van der Waals surface area contributed by atoms with Crippen LogP contribution in [-0.2, 0) is 18.0 Å². The molecule has 0 bridgehead atoms. The Hall–Kier alpha value is -3.53. The molecule has 4 heteroatoms. The molecule has 0 unspecified atom stereocenters. The molecule has 0 spiro atoms. The molecule has 136 valence electrons. The molecule has 0 heterocycles. The highest BCUT2D eigenvalue weighted by atomic mass is 16.5. The first-order valence-electron chi connectivity index (χ1n) is 8.58. The molecule has 0 radical (unpaired) electrons. The van der Waals surface area contributed by atoms with E-state index in [1.165, 1.54) is 0 Å². The highest BCUT2D eigenvalue weighted by Gasteiger charge is 1.99. The first kappa shape index (κ1) is 18.3. The van der Waals surface area contributed by atoms with Crippen molar-refractivity contribution >= 4 is 12.0 Å². The molecule has 0 aliphatic carbocycles. The van der Waals surface area contributed by atoms with E-state index >= 15 is 0 Å². The molecule has 4 nitrogen and oxygen atoms in total. The van der Waals surface area contributed by atoms with Crippen LogP contribution in [0.3, 0.4) is 0 Å². The number of benzene rings is 3. The van der Waals surface area contributed by atoms with E-state index in [2.05, 4.69) is 0 Å². The van der Waals surface area contributed by atoms with E-state index in [0.717, 1.165) is 34.3 Å². The Morgan fingerprint density at radius 3 is 1.81 bits per heavy atom. The van der Waals surface area contributed by atoms with Gasteiger partial charge in [-0.05, 0) is 47.0 Å². The summed E-state index contributed by atoms with van der Waals surface area (Å²) in [7, 11) is 0. The van der Waals surface area contributed by atoms with Gasteiger partial charge in [-0.1, -0.05) is 54.6 Å². The normalized spacial score (nSPS) is 10.7. The third-order valence-corrected chi connectivity index (χ3v) is 3.88. The topological polar surface area (TPSA) is 55.8 Å². The molecule has 0 aliphatic heterocycles. The highest BCUT2D eigenvalue weighted by molar-refractivity contribution is 5.85. The summed E-state index contributed by atoms with van der Waals surface area (Å²) in [5.74, 6) is 0.579. The molecule has 0 atom stereocenters. The number of carboxylic acids is 1. The smallest absolute Gasteiger partial charge is 0.328 e. The average molecular weight is 360 g/mol. The van der Waals surface area contributed by atoms with Gasteiger partial charge in [0.05, 0.1) is 0 Å². The molecular weight excluding hydrogens is 340 g/mol. The zero-order valence-corrected chi connectivity index (χ0v) is 14.7. The third kappa shape index (κ3) is 6.04. The average Bonchev–Trinajstić information content (AvgIpc) is 2.71. The van der Waals surface area contributed by atoms with Crippen LogP contribution >= 0.6 is 0 Å². The Labute approximate surface area is 158 Å². The van der Waals surface area contributed by atoms with Crippen LogP contribution in [0.1, 0.15) is 16.7 Å². The second-order valence-electron chi connectivity index (χ2n) is 5.95. The maximum absolute atomic E-state index is 10.5. The Morgan fingerprint density at radius 1 is 0.741 bits per heavy atom. The maximum Gasteiger partial charge on any atom is 0.328 e. The second-order valence-corrected chi connectivity index (χ2v) is 5.95. The van der Waals surface area contributed by atoms with Crippen LogP contribution in [0.5, 0.6) is 11.5 Å². The summed E-state index contributed by atoms with van der Waals surface area (Å²) in [6.45, 7) is 0.989. The van der Waals surface area contributed by atoms with Crippen molar-refractivity contribution in [3.8, 4) is 11.5 Å². The van der Waals surface area contributed by atoms with Crippen LogP contribution in [0.25, 0.3) is 6.08 Å². The number of hydrogen-bond acceptors (Lipinski definition) is 3. The van der Waals surface area contributed by atoms with Crippen LogP contribution in [0.15, 0.2) is 84.9 Å². The van der Waals surface area contributed by atoms with Crippen molar-refractivity contribution in [3.05, 3.63) is 102 Å². The lowest BCUT2D eigenvalue weighted by molar-refractivity contribution is -0.131. The molecule has 1 N–H and O–H groups in total. The van der Waals surface area contributed by atoms with E-state index in [9.17, 15) is 4.79 Å². The van der Waals surface area contributed by atoms with Crippen molar-refractivity contribution in [2.45, 2.75) is 13.2 Å². The third-order valence-electron chi connectivity index (χ3n) is 3.88. The zero-order chi connectivity index (χ0) is 18.9. The lowest BCUT2D eigenvalue weighted by Crippen LogP contribution is -1.97. The highest BCUT2D eigenvalue weighted by Crippen LogP contribution is 2.18. The van der Waals surface area contributed by atoms with Crippen LogP contribution in [0, 0.1) is 0 Å². The summed E-state index contributed by atoms with van der Waals surface area (Å²) >= 11 is 0. The second kappa shape index (κ2) is 9.25. The number of hydrogen-bond donors (Lipinski definition) is 1. The van der Waals surface area contributed by atoms with Crippen molar-refractivity contribution in [1.29, 1.82) is 0 Å². The van der Waals surface area contributed by atoms with E-state index in [1.807, 2.05) is 78.9 Å². The van der Waals surface area contributed by atoms with Gasteiger partial charge in [0.1, 0.15) is 24.7 Å². The molecule has 3 rings (SSSR count). The molecule has 3 aromatic carbocycles. The fourth-order valence-corrected chi connectivity index (χ4v) is 2.43. The number of aliphatic carboxylic acids is 1. The van der Waals surface area contributed by atoms with Crippen molar-refractivity contribution in [2.75, 3.05) is 0 Å². The van der Waals surface area contributed by atoms with Gasteiger partial charge >= 0.3 is 5.97 Å². The van der Waals surface area contributed by atoms with Crippen molar-refractivity contribution in [2.24, 2.45) is 0 Å². The molecule has 27 heavy (non-hydrogen) atoms. The summed E-state index contributed by atoms with van der Waals surface area (Å²) in [4.78, 5) is 10.5. The molecule has 0 aliphatic rings. The van der Waals surface area contributed by atoms with Gasteiger partial charge in [0.2, 0.25) is 0 Å². The van der Waals surface area contributed by atoms with Crippen LogP contribution in [0.4, 0.5) is 0 Å². The summed E-state index contributed by atoms with van der Waals surface area (Å²) in [5, 5.41) is 8.63. The van der Waals surface area contributed by atoms with Gasteiger partial charge in [-0.2, -0.15) is 0 Å². The Bertz CT molecular complexity index is 882. The molecular formula is C23H20O4. The van der Waals surface area contributed by atoms with Gasteiger partial charge in [-0.25, -0.2) is 4.79 Å².